The number of morpholine rings is 1. The van der Waals surface area contributed by atoms with E-state index in [1.165, 1.54) is 32.1 Å². The number of likely N-dealkylation sites (tertiary alicyclic amines) is 2. The van der Waals surface area contributed by atoms with E-state index in [1.54, 1.807) is 4.90 Å². The molecule has 14 atom stereocenters. The molecule has 4 saturated heterocycles. The largest absolute Gasteiger partial charge is 0.443 e. The summed E-state index contributed by atoms with van der Waals surface area (Å²) in [5.41, 5.74) is -0.215. The summed E-state index contributed by atoms with van der Waals surface area (Å²) in [4.78, 5) is 19.7. The number of nitrogens with zero attached hydrogens (tertiary/aromatic N) is 3. The van der Waals surface area contributed by atoms with Gasteiger partial charge in [0.2, 0.25) is 0 Å². The molecule has 5 saturated carbocycles. The van der Waals surface area contributed by atoms with Gasteiger partial charge in [0.15, 0.2) is 6.29 Å². The maximum absolute atomic E-state index is 13.0. The first-order valence-electron chi connectivity index (χ1n) is 22.6. The van der Waals surface area contributed by atoms with E-state index in [-0.39, 0.29) is 64.4 Å². The lowest BCUT2D eigenvalue weighted by molar-refractivity contribution is -0.253. The lowest BCUT2D eigenvalue weighted by Crippen LogP contribution is -2.64. The smallest absolute Gasteiger partial charge is 0.410 e. The maximum atomic E-state index is 13.0. The molecule has 14 unspecified atom stereocenters. The highest BCUT2D eigenvalue weighted by atomic mass is 16.7. The summed E-state index contributed by atoms with van der Waals surface area (Å²) >= 11 is 0. The molecular weight excluding hydrogens is 695 g/mol. The number of carbonyl (C=O) groups is 1. The minimum atomic E-state index is -0.657. The molecule has 0 radical (unpaired) electrons. The molecule has 2 spiro atoms. The van der Waals surface area contributed by atoms with Gasteiger partial charge in [-0.3, -0.25) is 9.80 Å². The molecule has 4 aliphatic heterocycles. The molecule has 0 aromatic carbocycles. The molecule has 312 valence electrons. The third-order valence-corrected chi connectivity index (χ3v) is 18.6. The van der Waals surface area contributed by atoms with Crippen molar-refractivity contribution in [2.45, 2.75) is 169 Å². The predicted molar refractivity (Wildman–Crippen MR) is 210 cm³/mol. The Labute approximate surface area is 331 Å². The van der Waals surface area contributed by atoms with Crippen LogP contribution in [0.2, 0.25) is 0 Å². The fraction of sp³-hybridized carbons (Fsp3) is 0.978. The lowest BCUT2D eigenvalue weighted by atomic mass is 9.41. The molecular formula is C45H75N3O7. The van der Waals surface area contributed by atoms with Crippen molar-refractivity contribution in [1.29, 1.82) is 0 Å². The highest BCUT2D eigenvalue weighted by Crippen LogP contribution is 2.89. The molecule has 0 aromatic rings. The first kappa shape index (κ1) is 39.5. The van der Waals surface area contributed by atoms with Gasteiger partial charge in [-0.2, -0.15) is 0 Å². The van der Waals surface area contributed by atoms with Crippen LogP contribution in [0.5, 0.6) is 0 Å². The van der Waals surface area contributed by atoms with E-state index in [9.17, 15) is 15.0 Å². The summed E-state index contributed by atoms with van der Waals surface area (Å²) in [6.07, 6.45) is 8.83. The monoisotopic (exact) mass is 770 g/mol. The zero-order chi connectivity index (χ0) is 39.1. The number of rotatable bonds is 8. The van der Waals surface area contributed by atoms with Gasteiger partial charge in [-0.1, -0.05) is 48.5 Å². The summed E-state index contributed by atoms with van der Waals surface area (Å²) in [7, 11) is 0. The van der Waals surface area contributed by atoms with Crippen LogP contribution in [0, 0.1) is 56.7 Å². The van der Waals surface area contributed by atoms with Crippen LogP contribution in [0.1, 0.15) is 120 Å². The van der Waals surface area contributed by atoms with Crippen LogP contribution in [0.25, 0.3) is 0 Å². The van der Waals surface area contributed by atoms with E-state index in [0.717, 1.165) is 71.5 Å². The van der Waals surface area contributed by atoms with Gasteiger partial charge >= 0.3 is 6.09 Å². The van der Waals surface area contributed by atoms with Gasteiger partial charge in [0.1, 0.15) is 6.10 Å². The Morgan fingerprint density at radius 2 is 1.67 bits per heavy atom. The van der Waals surface area contributed by atoms with Crippen molar-refractivity contribution in [3.63, 3.8) is 0 Å². The normalized spacial score (nSPS) is 48.7. The summed E-state index contributed by atoms with van der Waals surface area (Å²) in [6.45, 7) is 27.2. The molecule has 9 fully saturated rings. The number of β-amino-alcohol motifs (C(OH)–C–C–N with tert-alkyl or cyclic N) is 1. The Balaban J connectivity index is 0.887. The zero-order valence-corrected chi connectivity index (χ0v) is 35.7. The van der Waals surface area contributed by atoms with Gasteiger partial charge in [0, 0.05) is 57.3 Å². The van der Waals surface area contributed by atoms with Crippen molar-refractivity contribution >= 4 is 6.09 Å². The number of hydrogen-bond donors (Lipinski definition) is 2. The van der Waals surface area contributed by atoms with Crippen LogP contribution in [-0.2, 0) is 18.9 Å². The molecule has 55 heavy (non-hydrogen) atoms. The van der Waals surface area contributed by atoms with Gasteiger partial charge in [-0.05, 0) is 123 Å². The average Bonchev–Trinajstić information content (AvgIpc) is 3.70. The minimum Gasteiger partial charge on any atom is -0.443 e. The summed E-state index contributed by atoms with van der Waals surface area (Å²) in [5.74, 6) is 1.91. The van der Waals surface area contributed by atoms with Crippen LogP contribution in [0.4, 0.5) is 4.79 Å². The minimum absolute atomic E-state index is 0.00142. The van der Waals surface area contributed by atoms with Crippen LogP contribution in [0.3, 0.4) is 0 Å². The quantitative estimate of drug-likeness (QED) is 0.301. The second-order valence-corrected chi connectivity index (χ2v) is 22.6. The number of aliphatic hydroxyl groups is 2. The Morgan fingerprint density at radius 3 is 2.35 bits per heavy atom. The zero-order valence-electron chi connectivity index (χ0n) is 35.7. The third-order valence-electron chi connectivity index (χ3n) is 18.6. The van der Waals surface area contributed by atoms with E-state index in [0.29, 0.717) is 41.7 Å². The molecule has 10 heteroatoms. The molecule has 9 rings (SSSR count). The van der Waals surface area contributed by atoms with Crippen molar-refractivity contribution in [2.24, 2.45) is 56.7 Å². The van der Waals surface area contributed by atoms with Gasteiger partial charge in [0.05, 0.1) is 36.6 Å². The van der Waals surface area contributed by atoms with E-state index >= 15 is 0 Å². The van der Waals surface area contributed by atoms with Crippen LogP contribution in [-0.4, -0.2) is 132 Å². The molecule has 5 aliphatic carbocycles. The number of carbonyl (C=O) groups excluding carboxylic acids is 1. The SMILES string of the molecule is CC(C)C(OC(=O)N1CCC1)C1CC(C)C2C(O1)C(O)C1(C)C3CCC4C(C)(C)C(OC5CN(C6CN(CC(C)(C)O)C6)CCO5)CCC45CC35CCC21C. The standard InChI is InChI=1S/C45H75N3O7/c1-27(2)36(55-39(50)47-17-10-18-47)30-21-28(3)35-37(53-30)38(49)43(9)32-12-11-31-41(6,7)33(13-14-44(31)25-45(32,44)16-15-42(35,43)8)54-34-24-48(19-20-52-34)29-22-46(23-29)26-40(4,5)51/h27-38,49,51H,10-26H2,1-9H3. The lowest BCUT2D eigenvalue weighted by Gasteiger charge is -2.64. The van der Waals surface area contributed by atoms with Gasteiger partial charge in [0.25, 0.3) is 0 Å². The topological polar surface area (TPSA) is 104 Å². The second kappa shape index (κ2) is 13.2. The Kier molecular flexibility index (Phi) is 9.50. The van der Waals surface area contributed by atoms with Crippen molar-refractivity contribution in [1.82, 2.24) is 14.7 Å². The number of fused-ring (bicyclic) bond motifs is 4. The van der Waals surface area contributed by atoms with Crippen molar-refractivity contribution in [2.75, 3.05) is 52.4 Å². The maximum Gasteiger partial charge on any atom is 0.410 e. The van der Waals surface area contributed by atoms with Gasteiger partial charge in [-0.25, -0.2) is 4.79 Å². The molecule has 4 heterocycles. The fourth-order valence-electron chi connectivity index (χ4n) is 15.8. The van der Waals surface area contributed by atoms with E-state index < -0.39 is 11.7 Å². The predicted octanol–water partition coefficient (Wildman–Crippen LogP) is 6.17. The van der Waals surface area contributed by atoms with Crippen LogP contribution < -0.4 is 0 Å². The van der Waals surface area contributed by atoms with Crippen molar-refractivity contribution in [3.8, 4) is 0 Å². The Morgan fingerprint density at radius 1 is 0.964 bits per heavy atom. The molecule has 2 N–H and O–H groups in total. The molecule has 0 aromatic heterocycles. The second-order valence-electron chi connectivity index (χ2n) is 22.6. The highest BCUT2D eigenvalue weighted by Gasteiger charge is 2.84. The highest BCUT2D eigenvalue weighted by molar-refractivity contribution is 5.68. The summed E-state index contributed by atoms with van der Waals surface area (Å²) in [5, 5.41) is 23.0. The number of hydrogen-bond acceptors (Lipinski definition) is 9. The first-order chi connectivity index (χ1) is 25.8. The number of aliphatic hydroxyl groups excluding tert-OH is 1. The molecule has 10 nitrogen and oxygen atoms in total. The average molecular weight is 770 g/mol. The number of ether oxygens (including phenoxy) is 4. The van der Waals surface area contributed by atoms with Crippen LogP contribution >= 0.6 is 0 Å². The number of amides is 1. The fourth-order valence-corrected chi connectivity index (χ4v) is 15.8. The molecule has 9 aliphatic rings. The van der Waals surface area contributed by atoms with E-state index in [1.807, 2.05) is 13.8 Å². The Bertz CT molecular complexity index is 1480. The van der Waals surface area contributed by atoms with Crippen LogP contribution in [0.15, 0.2) is 0 Å². The molecule has 1 amide bonds. The van der Waals surface area contributed by atoms with Gasteiger partial charge < -0.3 is 34.1 Å². The third kappa shape index (κ3) is 5.81. The first-order valence-corrected chi connectivity index (χ1v) is 22.6. The van der Waals surface area contributed by atoms with Gasteiger partial charge in [-0.15, -0.1) is 0 Å². The van der Waals surface area contributed by atoms with E-state index in [4.69, 9.17) is 18.9 Å². The van der Waals surface area contributed by atoms with E-state index in [2.05, 4.69) is 58.3 Å². The van der Waals surface area contributed by atoms with Crippen molar-refractivity contribution in [3.05, 3.63) is 0 Å². The Hall–Kier alpha value is -1.01. The molecule has 0 bridgehead atoms. The van der Waals surface area contributed by atoms with Crippen molar-refractivity contribution < 1.29 is 34.0 Å². The summed E-state index contributed by atoms with van der Waals surface area (Å²) in [6, 6.07) is 0.512. The summed E-state index contributed by atoms with van der Waals surface area (Å²) < 4.78 is 26.6.